The largest absolute Gasteiger partial charge is 0.493 e. The molecule has 0 bridgehead atoms. The number of nitrogens with zero attached hydrogens (tertiary/aromatic N) is 3. The lowest BCUT2D eigenvalue weighted by Crippen LogP contribution is -2.14. The second-order valence-electron chi connectivity index (χ2n) is 6.36. The number of ether oxygens (including phenoxy) is 2. The Kier molecular flexibility index (Phi) is 6.54. The summed E-state index contributed by atoms with van der Waals surface area (Å²) < 4.78 is 11.7. The van der Waals surface area contributed by atoms with Crippen molar-refractivity contribution in [3.63, 3.8) is 0 Å². The van der Waals surface area contributed by atoms with Gasteiger partial charge in [0, 0.05) is 35.3 Å². The number of carbonyl (C=O) groups is 1. The Labute approximate surface area is 167 Å². The van der Waals surface area contributed by atoms with Crippen molar-refractivity contribution >= 4 is 23.1 Å². The molecule has 0 aliphatic heterocycles. The Morgan fingerprint density at radius 3 is 2.68 bits per heavy atom. The van der Waals surface area contributed by atoms with Gasteiger partial charge in [0.25, 0.3) is 5.91 Å². The van der Waals surface area contributed by atoms with Gasteiger partial charge in [-0.05, 0) is 32.9 Å². The van der Waals surface area contributed by atoms with Crippen LogP contribution in [0.4, 0.5) is 5.82 Å². The van der Waals surface area contributed by atoms with Crippen LogP contribution in [0.3, 0.4) is 0 Å². The molecule has 28 heavy (non-hydrogen) atoms. The highest BCUT2D eigenvalue weighted by Gasteiger charge is 2.13. The first-order valence-electron chi connectivity index (χ1n) is 8.92. The van der Waals surface area contributed by atoms with Crippen LogP contribution in [0.2, 0.25) is 0 Å². The highest BCUT2D eigenvalue weighted by atomic mass is 32.1. The monoisotopic (exact) mass is 398 g/mol. The predicted molar refractivity (Wildman–Crippen MR) is 108 cm³/mol. The highest BCUT2D eigenvalue weighted by molar-refractivity contribution is 7.09. The first kappa shape index (κ1) is 19.8. The number of hydrogen-bond donors (Lipinski definition) is 1. The van der Waals surface area contributed by atoms with E-state index in [9.17, 15) is 4.79 Å². The summed E-state index contributed by atoms with van der Waals surface area (Å²) in [4.78, 5) is 26.1. The summed E-state index contributed by atoms with van der Waals surface area (Å²) in [5, 5.41) is 2.72. The Hall–Kier alpha value is -3.00. The lowest BCUT2D eigenvalue weighted by molar-refractivity contribution is 0.102. The summed E-state index contributed by atoms with van der Waals surface area (Å²) in [7, 11) is 0. The minimum Gasteiger partial charge on any atom is -0.493 e. The first-order valence-corrected chi connectivity index (χ1v) is 9.80. The fraction of sp³-hybridized carbons (Fsp3) is 0.300. The molecule has 0 radical (unpaired) electrons. The third-order valence-corrected chi connectivity index (χ3v) is 4.76. The van der Waals surface area contributed by atoms with Gasteiger partial charge in [0.15, 0.2) is 5.82 Å². The molecule has 0 atom stereocenters. The van der Waals surface area contributed by atoms with Gasteiger partial charge in [0.1, 0.15) is 11.5 Å². The van der Waals surface area contributed by atoms with Gasteiger partial charge in [0.05, 0.1) is 30.1 Å². The standard InChI is InChI=1S/C20H22N4O3S/c1-13(2)27-17-9-15(20(25)24-19-11-21-5-6-22-19)8-16(10-17)26-7-4-18-14(3)23-12-28-18/h5-6,8-13H,4,7H2,1-3H3,(H,22,24,25). The van der Waals surface area contributed by atoms with Crippen molar-refractivity contribution < 1.29 is 14.3 Å². The van der Waals surface area contributed by atoms with E-state index in [1.54, 1.807) is 35.7 Å². The summed E-state index contributed by atoms with van der Waals surface area (Å²) >= 11 is 1.61. The lowest BCUT2D eigenvalue weighted by Gasteiger charge is -2.14. The number of aryl methyl sites for hydroxylation is 1. The van der Waals surface area contributed by atoms with Gasteiger partial charge in [-0.15, -0.1) is 11.3 Å². The van der Waals surface area contributed by atoms with Crippen molar-refractivity contribution in [2.24, 2.45) is 0 Å². The van der Waals surface area contributed by atoms with Gasteiger partial charge in [-0.1, -0.05) is 0 Å². The van der Waals surface area contributed by atoms with Crippen molar-refractivity contribution in [1.82, 2.24) is 15.0 Å². The average molecular weight is 398 g/mol. The molecule has 0 aliphatic carbocycles. The molecule has 2 aromatic heterocycles. The Balaban J connectivity index is 1.74. The zero-order chi connectivity index (χ0) is 19.9. The molecule has 8 heteroatoms. The number of aromatic nitrogens is 3. The van der Waals surface area contributed by atoms with Gasteiger partial charge < -0.3 is 14.8 Å². The van der Waals surface area contributed by atoms with Crippen LogP contribution in [0, 0.1) is 6.92 Å². The molecule has 0 spiro atoms. The molecule has 0 fully saturated rings. The van der Waals surface area contributed by atoms with Crippen molar-refractivity contribution in [1.29, 1.82) is 0 Å². The summed E-state index contributed by atoms with van der Waals surface area (Å²) in [6.45, 7) is 6.33. The van der Waals surface area contributed by atoms with Gasteiger partial charge >= 0.3 is 0 Å². The molecule has 146 valence electrons. The normalized spacial score (nSPS) is 10.7. The fourth-order valence-electron chi connectivity index (χ4n) is 2.51. The lowest BCUT2D eigenvalue weighted by atomic mass is 10.2. The maximum atomic E-state index is 12.6. The van der Waals surface area contributed by atoms with Gasteiger partial charge in [-0.3, -0.25) is 9.78 Å². The van der Waals surface area contributed by atoms with Crippen LogP contribution in [0.1, 0.15) is 34.8 Å². The topological polar surface area (TPSA) is 86.2 Å². The predicted octanol–water partition coefficient (Wildman–Crippen LogP) is 3.90. The summed E-state index contributed by atoms with van der Waals surface area (Å²) in [5.74, 6) is 1.22. The van der Waals surface area contributed by atoms with Crippen LogP contribution in [-0.4, -0.2) is 33.6 Å². The number of nitrogens with one attached hydrogen (secondary N) is 1. The van der Waals surface area contributed by atoms with Crippen molar-refractivity contribution in [3.8, 4) is 11.5 Å². The van der Waals surface area contributed by atoms with E-state index >= 15 is 0 Å². The Morgan fingerprint density at radius 2 is 2.00 bits per heavy atom. The number of anilines is 1. The van der Waals surface area contributed by atoms with Crippen molar-refractivity contribution in [2.45, 2.75) is 33.3 Å². The van der Waals surface area contributed by atoms with Crippen LogP contribution in [0.15, 0.2) is 42.3 Å². The van der Waals surface area contributed by atoms with Crippen molar-refractivity contribution in [2.75, 3.05) is 11.9 Å². The van der Waals surface area contributed by atoms with E-state index < -0.39 is 0 Å². The highest BCUT2D eigenvalue weighted by Crippen LogP contribution is 2.25. The van der Waals surface area contributed by atoms with E-state index in [4.69, 9.17) is 9.47 Å². The molecule has 0 saturated heterocycles. The molecular weight excluding hydrogens is 376 g/mol. The number of amides is 1. The van der Waals surface area contributed by atoms with Gasteiger partial charge in [0.2, 0.25) is 0 Å². The zero-order valence-electron chi connectivity index (χ0n) is 16.0. The molecule has 0 saturated carbocycles. The number of rotatable bonds is 8. The summed E-state index contributed by atoms with van der Waals surface area (Å²) in [6.07, 6.45) is 5.28. The van der Waals surface area contributed by atoms with Crippen LogP contribution < -0.4 is 14.8 Å². The maximum Gasteiger partial charge on any atom is 0.257 e. The molecular formula is C20H22N4O3S. The third-order valence-electron chi connectivity index (χ3n) is 3.76. The number of carbonyl (C=O) groups excluding carboxylic acids is 1. The van der Waals surface area contributed by atoms with Crippen LogP contribution in [-0.2, 0) is 6.42 Å². The molecule has 0 aliphatic rings. The Morgan fingerprint density at radius 1 is 1.18 bits per heavy atom. The van der Waals surface area contributed by atoms with Crippen LogP contribution in [0.5, 0.6) is 11.5 Å². The Bertz CT molecular complexity index is 928. The summed E-state index contributed by atoms with van der Waals surface area (Å²) in [5.41, 5.74) is 3.28. The molecule has 0 unspecified atom stereocenters. The fourth-order valence-corrected chi connectivity index (χ4v) is 3.27. The quantitative estimate of drug-likeness (QED) is 0.619. The first-order chi connectivity index (χ1) is 13.5. The van der Waals surface area contributed by atoms with Gasteiger partial charge in [-0.2, -0.15) is 0 Å². The molecule has 7 nitrogen and oxygen atoms in total. The molecule has 2 heterocycles. The van der Waals surface area contributed by atoms with Crippen molar-refractivity contribution in [3.05, 3.63) is 58.4 Å². The summed E-state index contributed by atoms with van der Waals surface area (Å²) in [6, 6.07) is 5.17. The number of thiazole rings is 1. The smallest absolute Gasteiger partial charge is 0.257 e. The maximum absolute atomic E-state index is 12.6. The van der Waals surface area contributed by atoms with Crippen LogP contribution >= 0.6 is 11.3 Å². The average Bonchev–Trinajstić information content (AvgIpc) is 3.07. The zero-order valence-corrected chi connectivity index (χ0v) is 16.8. The second kappa shape index (κ2) is 9.27. The molecule has 1 aromatic carbocycles. The van der Waals surface area contributed by atoms with E-state index in [0.29, 0.717) is 29.5 Å². The third kappa shape index (κ3) is 5.50. The van der Waals surface area contributed by atoms with E-state index in [-0.39, 0.29) is 12.0 Å². The van der Waals surface area contributed by atoms with E-state index in [1.165, 1.54) is 17.3 Å². The van der Waals surface area contributed by atoms with E-state index in [2.05, 4.69) is 20.3 Å². The van der Waals surface area contributed by atoms with Gasteiger partial charge in [-0.25, -0.2) is 9.97 Å². The molecule has 1 N–H and O–H groups in total. The van der Waals surface area contributed by atoms with E-state index in [1.807, 2.05) is 26.3 Å². The number of benzene rings is 1. The molecule has 3 rings (SSSR count). The minimum absolute atomic E-state index is 0.0222. The minimum atomic E-state index is -0.308. The second-order valence-corrected chi connectivity index (χ2v) is 7.30. The molecule has 1 amide bonds. The van der Waals surface area contributed by atoms with E-state index in [0.717, 1.165) is 12.1 Å². The SMILES string of the molecule is Cc1ncsc1CCOc1cc(OC(C)C)cc(C(=O)Nc2cnccn2)c1. The number of hydrogen-bond acceptors (Lipinski definition) is 7. The molecule has 3 aromatic rings. The van der Waals surface area contributed by atoms with Crippen LogP contribution in [0.25, 0.3) is 0 Å².